The van der Waals surface area contributed by atoms with E-state index in [0.29, 0.717) is 17.0 Å². The van der Waals surface area contributed by atoms with E-state index in [2.05, 4.69) is 10.5 Å². The van der Waals surface area contributed by atoms with Crippen LogP contribution in [0, 0.1) is 0 Å². The summed E-state index contributed by atoms with van der Waals surface area (Å²) >= 11 is 0. The number of hydrogen-bond donors (Lipinski definition) is 2. The van der Waals surface area contributed by atoms with Crippen LogP contribution in [0.15, 0.2) is 50.3 Å². The van der Waals surface area contributed by atoms with E-state index in [1.165, 1.54) is 18.8 Å². The fraction of sp³-hybridized carbons (Fsp3) is 0.333. The van der Waals surface area contributed by atoms with E-state index in [0.717, 1.165) is 37.0 Å². The van der Waals surface area contributed by atoms with E-state index in [4.69, 9.17) is 13.4 Å². The normalized spacial score (nSPS) is 16.2. The molecule has 1 amide bonds. The minimum absolute atomic E-state index is 0.0828. The van der Waals surface area contributed by atoms with Crippen LogP contribution in [0.25, 0.3) is 0 Å². The summed E-state index contributed by atoms with van der Waals surface area (Å²) in [6, 6.07) is 4.96. The molecule has 7 heteroatoms. The zero-order chi connectivity index (χ0) is 17.3. The molecule has 3 aromatic heterocycles. The summed E-state index contributed by atoms with van der Waals surface area (Å²) in [7, 11) is 0. The van der Waals surface area contributed by atoms with Gasteiger partial charge < -0.3 is 23.8 Å². The average Bonchev–Trinajstić information content (AvgIpc) is 3.40. The second-order valence-corrected chi connectivity index (χ2v) is 6.17. The average molecular weight is 342 g/mol. The van der Waals surface area contributed by atoms with E-state index in [9.17, 15) is 9.90 Å². The first-order chi connectivity index (χ1) is 12.2. The van der Waals surface area contributed by atoms with E-state index in [1.54, 1.807) is 18.2 Å². The largest absolute Gasteiger partial charge is 0.472 e. The molecule has 25 heavy (non-hydrogen) atoms. The number of carbonyl (C=O) groups excluding carboxylic acids is 1. The molecule has 0 fully saturated rings. The van der Waals surface area contributed by atoms with Gasteiger partial charge in [-0.25, -0.2) is 0 Å². The Hall–Kier alpha value is -2.80. The molecule has 2 N–H and O–H groups in total. The van der Waals surface area contributed by atoms with Crippen molar-refractivity contribution in [3.05, 3.63) is 65.3 Å². The van der Waals surface area contributed by atoms with Crippen molar-refractivity contribution < 1.29 is 23.3 Å². The van der Waals surface area contributed by atoms with Gasteiger partial charge in [0.2, 0.25) is 0 Å². The van der Waals surface area contributed by atoms with Crippen LogP contribution in [0.5, 0.6) is 0 Å². The fourth-order valence-electron chi connectivity index (χ4n) is 3.20. The molecule has 0 bridgehead atoms. The molecule has 0 aliphatic heterocycles. The van der Waals surface area contributed by atoms with E-state index in [1.807, 2.05) is 0 Å². The molecule has 3 heterocycles. The Balaban J connectivity index is 1.56. The van der Waals surface area contributed by atoms with Crippen LogP contribution in [0.1, 0.15) is 46.0 Å². The number of nitrogens with zero attached hydrogens (tertiary/aromatic N) is 1. The van der Waals surface area contributed by atoms with Gasteiger partial charge in [-0.3, -0.25) is 4.79 Å². The first-order valence-corrected chi connectivity index (χ1v) is 8.23. The maximum atomic E-state index is 12.6. The Bertz CT molecular complexity index is 814. The highest BCUT2D eigenvalue weighted by molar-refractivity contribution is 5.93. The number of hydrogen-bond acceptors (Lipinski definition) is 6. The molecule has 0 aromatic carbocycles. The highest BCUT2D eigenvalue weighted by atomic mass is 16.5. The van der Waals surface area contributed by atoms with E-state index >= 15 is 0 Å². The lowest BCUT2D eigenvalue weighted by Crippen LogP contribution is -2.41. The number of fused-ring (bicyclic) bond motifs is 1. The summed E-state index contributed by atoms with van der Waals surface area (Å²) in [4.78, 5) is 12.6. The second-order valence-electron chi connectivity index (χ2n) is 6.17. The summed E-state index contributed by atoms with van der Waals surface area (Å²) in [5.41, 5.74) is 0.123. The Morgan fingerprint density at radius 1 is 1.28 bits per heavy atom. The SMILES string of the molecule is O=C(NC[C@@](O)(c1ccoc1)c1ccco1)c1noc2c1CCCC2. The lowest BCUT2D eigenvalue weighted by molar-refractivity contribution is 0.0517. The van der Waals surface area contributed by atoms with Gasteiger partial charge in [0.1, 0.15) is 11.5 Å². The molecule has 7 nitrogen and oxygen atoms in total. The van der Waals surface area contributed by atoms with Gasteiger partial charge >= 0.3 is 0 Å². The third kappa shape index (κ3) is 2.76. The van der Waals surface area contributed by atoms with Gasteiger partial charge in [-0.15, -0.1) is 0 Å². The molecule has 0 saturated heterocycles. The Kier molecular flexibility index (Phi) is 3.93. The number of aryl methyl sites for hydroxylation is 1. The minimum Gasteiger partial charge on any atom is -0.472 e. The van der Waals surface area contributed by atoms with Gasteiger partial charge in [-0.1, -0.05) is 5.16 Å². The van der Waals surface area contributed by atoms with Crippen LogP contribution in [-0.2, 0) is 18.4 Å². The molecule has 1 atom stereocenters. The zero-order valence-corrected chi connectivity index (χ0v) is 13.5. The van der Waals surface area contributed by atoms with Crippen molar-refractivity contribution in [1.29, 1.82) is 0 Å². The molecule has 1 aliphatic carbocycles. The maximum absolute atomic E-state index is 12.6. The smallest absolute Gasteiger partial charge is 0.273 e. The van der Waals surface area contributed by atoms with E-state index in [-0.39, 0.29) is 12.5 Å². The van der Waals surface area contributed by atoms with Gasteiger partial charge in [0.25, 0.3) is 5.91 Å². The molecule has 0 saturated carbocycles. The minimum atomic E-state index is -1.53. The van der Waals surface area contributed by atoms with Crippen LogP contribution < -0.4 is 5.32 Å². The number of aliphatic hydroxyl groups is 1. The summed E-state index contributed by atoms with van der Waals surface area (Å²) in [6.45, 7) is -0.0828. The lowest BCUT2D eigenvalue weighted by atomic mass is 9.93. The molecular weight excluding hydrogens is 324 g/mol. The first-order valence-electron chi connectivity index (χ1n) is 8.23. The van der Waals surface area contributed by atoms with Crippen molar-refractivity contribution >= 4 is 5.91 Å². The van der Waals surface area contributed by atoms with Crippen LogP contribution >= 0.6 is 0 Å². The molecule has 0 unspecified atom stereocenters. The van der Waals surface area contributed by atoms with Crippen molar-refractivity contribution in [3.63, 3.8) is 0 Å². The number of furan rings is 2. The monoisotopic (exact) mass is 342 g/mol. The van der Waals surface area contributed by atoms with Gasteiger partial charge in [-0.2, -0.15) is 0 Å². The summed E-state index contributed by atoms with van der Waals surface area (Å²) in [5, 5.41) is 17.8. The Labute approximate surface area is 143 Å². The van der Waals surface area contributed by atoms with Crippen molar-refractivity contribution in [2.75, 3.05) is 6.54 Å². The van der Waals surface area contributed by atoms with Crippen LogP contribution in [-0.4, -0.2) is 22.7 Å². The fourth-order valence-corrected chi connectivity index (χ4v) is 3.20. The first kappa shape index (κ1) is 15.7. The number of aromatic nitrogens is 1. The number of rotatable bonds is 5. The molecule has 130 valence electrons. The van der Waals surface area contributed by atoms with Crippen LogP contribution in [0.4, 0.5) is 0 Å². The van der Waals surface area contributed by atoms with E-state index < -0.39 is 5.60 Å². The zero-order valence-electron chi connectivity index (χ0n) is 13.5. The molecule has 3 aromatic rings. The van der Waals surface area contributed by atoms with Gasteiger partial charge in [0.15, 0.2) is 11.3 Å². The molecule has 0 radical (unpaired) electrons. The standard InChI is InChI=1S/C18H18N2O5/c21-17(16-13-4-1-2-5-14(13)25-20-16)19-11-18(22,12-7-9-23-10-12)15-6-3-8-24-15/h3,6-10,22H,1-2,4-5,11H2,(H,19,21)/t18-/m1/s1. The third-order valence-electron chi connectivity index (χ3n) is 4.60. The van der Waals surface area contributed by atoms with Gasteiger partial charge in [-0.05, 0) is 37.5 Å². The van der Waals surface area contributed by atoms with Gasteiger partial charge in [0.05, 0.1) is 25.3 Å². The Morgan fingerprint density at radius 2 is 2.16 bits per heavy atom. The summed E-state index contributed by atoms with van der Waals surface area (Å²) in [5.74, 6) is 0.726. The molecule has 0 spiro atoms. The third-order valence-corrected chi connectivity index (χ3v) is 4.60. The van der Waals surface area contributed by atoms with Crippen molar-refractivity contribution in [2.45, 2.75) is 31.3 Å². The van der Waals surface area contributed by atoms with Crippen molar-refractivity contribution in [1.82, 2.24) is 10.5 Å². The lowest BCUT2D eigenvalue weighted by Gasteiger charge is -2.25. The number of amides is 1. The van der Waals surface area contributed by atoms with Gasteiger partial charge in [0, 0.05) is 17.5 Å². The maximum Gasteiger partial charge on any atom is 0.273 e. The number of nitrogens with one attached hydrogen (secondary N) is 1. The second kappa shape index (κ2) is 6.25. The molecule has 1 aliphatic rings. The topological polar surface area (TPSA) is 102 Å². The predicted octanol–water partition coefficient (Wildman–Crippen LogP) is 2.41. The Morgan fingerprint density at radius 3 is 2.92 bits per heavy atom. The van der Waals surface area contributed by atoms with Crippen molar-refractivity contribution in [2.24, 2.45) is 0 Å². The highest BCUT2D eigenvalue weighted by Gasteiger charge is 2.37. The molecule has 4 rings (SSSR count). The predicted molar refractivity (Wildman–Crippen MR) is 85.9 cm³/mol. The number of carbonyl (C=O) groups is 1. The van der Waals surface area contributed by atoms with Crippen LogP contribution in [0.2, 0.25) is 0 Å². The highest BCUT2D eigenvalue weighted by Crippen LogP contribution is 2.30. The van der Waals surface area contributed by atoms with Crippen molar-refractivity contribution in [3.8, 4) is 0 Å². The summed E-state index contributed by atoms with van der Waals surface area (Å²) in [6.07, 6.45) is 8.00. The summed E-state index contributed by atoms with van der Waals surface area (Å²) < 4.78 is 15.7. The van der Waals surface area contributed by atoms with Crippen LogP contribution in [0.3, 0.4) is 0 Å². The molecular formula is C18H18N2O5. The quantitative estimate of drug-likeness (QED) is 0.738.